The van der Waals surface area contributed by atoms with Crippen LogP contribution in [0.3, 0.4) is 0 Å². The van der Waals surface area contributed by atoms with Gasteiger partial charge in [-0.3, -0.25) is 10.3 Å². The predicted octanol–water partition coefficient (Wildman–Crippen LogP) is -1.24. The lowest BCUT2D eigenvalue weighted by atomic mass is 10.4. The van der Waals surface area contributed by atoms with Gasteiger partial charge in [-0.2, -0.15) is 5.01 Å². The summed E-state index contributed by atoms with van der Waals surface area (Å²) in [4.78, 5) is 13.2. The third kappa shape index (κ3) is 1.74. The Morgan fingerprint density at radius 2 is 2.15 bits per heavy atom. The molecule has 2 N–H and O–H groups in total. The van der Waals surface area contributed by atoms with Crippen molar-refractivity contribution in [3.63, 3.8) is 0 Å². The van der Waals surface area contributed by atoms with Crippen LogP contribution in [0.2, 0.25) is 0 Å². The second-order valence-electron chi connectivity index (χ2n) is 3.22. The van der Waals surface area contributed by atoms with Crippen LogP contribution in [0.4, 0.5) is 4.79 Å². The minimum absolute atomic E-state index is 0.0311. The molecule has 0 spiro atoms. The molecule has 2 heterocycles. The van der Waals surface area contributed by atoms with Gasteiger partial charge in [0.1, 0.15) is 0 Å². The number of carbonyl (C=O) groups excluding carboxylic acids is 1. The molecule has 0 saturated carbocycles. The molecule has 2 aliphatic rings. The molecule has 0 bridgehead atoms. The van der Waals surface area contributed by atoms with Crippen LogP contribution in [0.1, 0.15) is 0 Å². The van der Waals surface area contributed by atoms with E-state index in [0.29, 0.717) is 0 Å². The standard InChI is InChI=1S/C7H14N4O2/c1-10-7(8-6(12)9-10)11-2-4-13-5-3-11/h7H,2-5H2,1H3,(H2,8,9,12). The van der Waals surface area contributed by atoms with Crippen LogP contribution in [-0.4, -0.2) is 55.6 Å². The first-order chi connectivity index (χ1) is 6.27. The zero-order chi connectivity index (χ0) is 9.26. The molecule has 0 aromatic heterocycles. The topological polar surface area (TPSA) is 56.8 Å². The molecule has 2 fully saturated rings. The van der Waals surface area contributed by atoms with E-state index in [1.807, 2.05) is 7.05 Å². The van der Waals surface area contributed by atoms with E-state index in [4.69, 9.17) is 4.74 Å². The fraction of sp³-hybridized carbons (Fsp3) is 0.857. The first-order valence-electron chi connectivity index (χ1n) is 4.39. The average Bonchev–Trinajstić information content (AvgIpc) is 2.47. The molecule has 1 atom stereocenters. The van der Waals surface area contributed by atoms with Gasteiger partial charge < -0.3 is 10.1 Å². The summed E-state index contributed by atoms with van der Waals surface area (Å²) in [5, 5.41) is 4.59. The molecule has 0 aliphatic carbocycles. The predicted molar refractivity (Wildman–Crippen MR) is 45.6 cm³/mol. The smallest absolute Gasteiger partial charge is 0.331 e. The first kappa shape index (κ1) is 8.74. The maximum Gasteiger partial charge on any atom is 0.331 e. The second kappa shape index (κ2) is 3.49. The van der Waals surface area contributed by atoms with Crippen LogP contribution < -0.4 is 10.7 Å². The van der Waals surface area contributed by atoms with Crippen LogP contribution in [0, 0.1) is 0 Å². The van der Waals surface area contributed by atoms with Crippen molar-refractivity contribution < 1.29 is 9.53 Å². The number of nitrogens with one attached hydrogen (secondary N) is 2. The fourth-order valence-electron chi connectivity index (χ4n) is 1.63. The zero-order valence-corrected chi connectivity index (χ0v) is 7.62. The number of ether oxygens (including phenoxy) is 1. The number of hydrazine groups is 1. The van der Waals surface area contributed by atoms with Crippen LogP contribution in [0.5, 0.6) is 0 Å². The van der Waals surface area contributed by atoms with Gasteiger partial charge in [0, 0.05) is 20.1 Å². The maximum atomic E-state index is 11.0. The van der Waals surface area contributed by atoms with E-state index >= 15 is 0 Å². The molecule has 0 aromatic rings. The number of amides is 2. The average molecular weight is 186 g/mol. The molecule has 2 amide bonds. The van der Waals surface area contributed by atoms with Crippen molar-refractivity contribution in [3.05, 3.63) is 0 Å². The van der Waals surface area contributed by atoms with Crippen LogP contribution in [0.25, 0.3) is 0 Å². The molecule has 2 saturated heterocycles. The summed E-state index contributed by atoms with van der Waals surface area (Å²) in [6.07, 6.45) is -0.0311. The lowest BCUT2D eigenvalue weighted by Gasteiger charge is -2.33. The lowest BCUT2D eigenvalue weighted by Crippen LogP contribution is -2.54. The summed E-state index contributed by atoms with van der Waals surface area (Å²) in [6, 6.07) is -0.140. The Hall–Kier alpha value is -0.850. The van der Waals surface area contributed by atoms with Gasteiger partial charge in [0.05, 0.1) is 13.2 Å². The van der Waals surface area contributed by atoms with Gasteiger partial charge in [0.15, 0.2) is 6.29 Å². The normalized spacial score (nSPS) is 31.5. The van der Waals surface area contributed by atoms with E-state index in [1.54, 1.807) is 5.01 Å². The van der Waals surface area contributed by atoms with Gasteiger partial charge in [-0.25, -0.2) is 4.79 Å². The number of carbonyl (C=O) groups is 1. The molecule has 0 aromatic carbocycles. The fourth-order valence-corrected chi connectivity index (χ4v) is 1.63. The molecule has 2 rings (SSSR count). The van der Waals surface area contributed by atoms with Crippen molar-refractivity contribution in [1.29, 1.82) is 0 Å². The van der Waals surface area contributed by atoms with Crippen LogP contribution >= 0.6 is 0 Å². The summed E-state index contributed by atoms with van der Waals surface area (Å²) < 4.78 is 5.23. The maximum absolute atomic E-state index is 11.0. The van der Waals surface area contributed by atoms with Gasteiger partial charge in [-0.15, -0.1) is 0 Å². The van der Waals surface area contributed by atoms with Gasteiger partial charge in [-0.05, 0) is 0 Å². The Labute approximate surface area is 76.8 Å². The first-order valence-corrected chi connectivity index (χ1v) is 4.39. The van der Waals surface area contributed by atoms with E-state index in [0.717, 1.165) is 26.3 Å². The summed E-state index contributed by atoms with van der Waals surface area (Å²) in [7, 11) is 1.85. The summed E-state index contributed by atoms with van der Waals surface area (Å²) in [5.74, 6) is 0. The zero-order valence-electron chi connectivity index (χ0n) is 7.62. The van der Waals surface area contributed by atoms with Crippen molar-refractivity contribution in [1.82, 2.24) is 20.7 Å². The van der Waals surface area contributed by atoms with E-state index in [1.165, 1.54) is 0 Å². The third-order valence-corrected chi connectivity index (χ3v) is 2.30. The van der Waals surface area contributed by atoms with Crippen LogP contribution in [0.15, 0.2) is 0 Å². The van der Waals surface area contributed by atoms with E-state index in [9.17, 15) is 4.79 Å². The number of rotatable bonds is 1. The molecule has 6 heteroatoms. The number of morpholine rings is 1. The van der Waals surface area contributed by atoms with E-state index in [-0.39, 0.29) is 12.3 Å². The van der Waals surface area contributed by atoms with Crippen molar-refractivity contribution in [2.24, 2.45) is 0 Å². The monoisotopic (exact) mass is 186 g/mol. The highest BCUT2D eigenvalue weighted by Gasteiger charge is 2.31. The minimum Gasteiger partial charge on any atom is -0.379 e. The van der Waals surface area contributed by atoms with Gasteiger partial charge in [0.2, 0.25) is 0 Å². The molecular formula is C7H14N4O2. The number of hydrogen-bond acceptors (Lipinski definition) is 4. The Kier molecular flexibility index (Phi) is 2.34. The van der Waals surface area contributed by atoms with Gasteiger partial charge in [0.25, 0.3) is 0 Å². The third-order valence-electron chi connectivity index (χ3n) is 2.30. The second-order valence-corrected chi connectivity index (χ2v) is 3.22. The summed E-state index contributed by atoms with van der Waals surface area (Å²) in [6.45, 7) is 3.19. The van der Waals surface area contributed by atoms with Crippen LogP contribution in [-0.2, 0) is 4.74 Å². The van der Waals surface area contributed by atoms with Crippen molar-refractivity contribution in [2.75, 3.05) is 33.4 Å². The molecule has 6 nitrogen and oxygen atoms in total. The van der Waals surface area contributed by atoms with Crippen molar-refractivity contribution in [2.45, 2.75) is 6.29 Å². The van der Waals surface area contributed by atoms with Crippen molar-refractivity contribution >= 4 is 6.03 Å². The Morgan fingerprint density at radius 3 is 2.69 bits per heavy atom. The molecule has 13 heavy (non-hydrogen) atoms. The SMILES string of the molecule is CN1NC(=O)NC1N1CCOCC1. The number of nitrogens with zero attached hydrogens (tertiary/aromatic N) is 2. The Morgan fingerprint density at radius 1 is 1.46 bits per heavy atom. The van der Waals surface area contributed by atoms with Gasteiger partial charge in [-0.1, -0.05) is 0 Å². The molecule has 1 unspecified atom stereocenters. The van der Waals surface area contributed by atoms with E-state index < -0.39 is 0 Å². The lowest BCUT2D eigenvalue weighted by molar-refractivity contribution is -0.0278. The summed E-state index contributed by atoms with van der Waals surface area (Å²) in [5.41, 5.74) is 2.66. The van der Waals surface area contributed by atoms with Gasteiger partial charge >= 0.3 is 6.03 Å². The number of hydrogen-bond donors (Lipinski definition) is 2. The highest BCUT2D eigenvalue weighted by Crippen LogP contribution is 2.06. The summed E-state index contributed by atoms with van der Waals surface area (Å²) >= 11 is 0. The van der Waals surface area contributed by atoms with Crippen molar-refractivity contribution in [3.8, 4) is 0 Å². The highest BCUT2D eigenvalue weighted by atomic mass is 16.5. The Balaban J connectivity index is 1.95. The molecular weight excluding hydrogens is 172 g/mol. The molecule has 2 aliphatic heterocycles. The minimum atomic E-state index is -0.140. The Bertz CT molecular complexity index is 205. The highest BCUT2D eigenvalue weighted by molar-refractivity contribution is 5.75. The molecule has 0 radical (unpaired) electrons. The van der Waals surface area contributed by atoms with E-state index in [2.05, 4.69) is 15.6 Å². The molecule has 74 valence electrons. The largest absolute Gasteiger partial charge is 0.379 e. The number of urea groups is 1. The quantitative estimate of drug-likeness (QED) is 0.538.